The molecule has 1 unspecified atom stereocenters. The highest BCUT2D eigenvalue weighted by atomic mass is 19.4. The number of rotatable bonds is 4. The number of nitrogens with zero attached hydrogens (tertiary/aromatic N) is 1. The van der Waals surface area contributed by atoms with Gasteiger partial charge < -0.3 is 4.74 Å². The van der Waals surface area contributed by atoms with Crippen LogP contribution >= 0.6 is 0 Å². The molecule has 0 aliphatic carbocycles. The zero-order valence-corrected chi connectivity index (χ0v) is 15.7. The van der Waals surface area contributed by atoms with E-state index in [1.165, 1.54) is 6.07 Å². The van der Waals surface area contributed by atoms with Crippen molar-refractivity contribution in [1.82, 2.24) is 10.4 Å². The molecule has 7 heteroatoms. The van der Waals surface area contributed by atoms with Gasteiger partial charge in [-0.2, -0.15) is 13.2 Å². The molecular weight excluding hydrogens is 357 g/mol. The molecule has 1 aliphatic heterocycles. The maximum Gasteiger partial charge on any atom is 0.409 e. The molecule has 1 saturated heterocycles. The lowest BCUT2D eigenvalue weighted by Gasteiger charge is -2.30. The van der Waals surface area contributed by atoms with Gasteiger partial charge in [-0.15, -0.1) is 0 Å². The van der Waals surface area contributed by atoms with Gasteiger partial charge in [0, 0.05) is 11.9 Å². The van der Waals surface area contributed by atoms with Crippen molar-refractivity contribution < 1.29 is 22.7 Å². The second kappa shape index (κ2) is 6.71. The number of carbonyl (C=O) groups is 1. The fourth-order valence-corrected chi connectivity index (χ4v) is 3.40. The minimum Gasteiger partial charge on any atom is -0.490 e. The highest BCUT2D eigenvalue weighted by Gasteiger charge is 2.51. The predicted octanol–water partition coefficient (Wildman–Crippen LogP) is 4.60. The van der Waals surface area contributed by atoms with Crippen molar-refractivity contribution in [1.29, 1.82) is 0 Å². The van der Waals surface area contributed by atoms with Crippen molar-refractivity contribution in [3.05, 3.63) is 42.0 Å². The van der Waals surface area contributed by atoms with E-state index in [-0.39, 0.29) is 18.2 Å². The van der Waals surface area contributed by atoms with Crippen LogP contribution in [0.15, 0.2) is 36.4 Å². The van der Waals surface area contributed by atoms with Gasteiger partial charge in [-0.1, -0.05) is 30.3 Å². The lowest BCUT2D eigenvalue weighted by Crippen LogP contribution is -2.43. The molecule has 0 spiro atoms. The maximum absolute atomic E-state index is 14.1. The molecule has 3 rings (SSSR count). The molecule has 2 aromatic carbocycles. The van der Waals surface area contributed by atoms with Crippen LogP contribution < -0.4 is 10.2 Å². The quantitative estimate of drug-likeness (QED) is 0.843. The number of benzene rings is 2. The van der Waals surface area contributed by atoms with Gasteiger partial charge in [0.2, 0.25) is 5.91 Å². The van der Waals surface area contributed by atoms with Gasteiger partial charge in [-0.25, -0.2) is 5.01 Å². The normalized spacial score (nSPS) is 18.7. The average Bonchev–Trinajstić information content (AvgIpc) is 2.79. The van der Waals surface area contributed by atoms with Crippen LogP contribution in [0.3, 0.4) is 0 Å². The maximum atomic E-state index is 14.1. The van der Waals surface area contributed by atoms with Crippen molar-refractivity contribution in [3.63, 3.8) is 0 Å². The Morgan fingerprint density at radius 1 is 1.11 bits per heavy atom. The molecule has 1 heterocycles. The monoisotopic (exact) mass is 380 g/mol. The van der Waals surface area contributed by atoms with Crippen LogP contribution in [-0.2, 0) is 4.79 Å². The van der Waals surface area contributed by atoms with E-state index in [9.17, 15) is 18.0 Å². The van der Waals surface area contributed by atoms with Crippen LogP contribution in [0.1, 0.15) is 39.3 Å². The average molecular weight is 380 g/mol. The van der Waals surface area contributed by atoms with E-state index in [0.717, 1.165) is 5.01 Å². The Bertz CT molecular complexity index is 862. The molecule has 1 N–H and O–H groups in total. The predicted molar refractivity (Wildman–Crippen MR) is 97.1 cm³/mol. The number of carbonyl (C=O) groups excluding carboxylic acids is 1. The molecular formula is C20H23F3N2O2. The molecule has 1 amide bonds. The highest BCUT2D eigenvalue weighted by molar-refractivity contribution is 5.91. The van der Waals surface area contributed by atoms with E-state index in [2.05, 4.69) is 5.43 Å². The number of hydrogen-bond acceptors (Lipinski definition) is 3. The molecule has 1 aliphatic rings. The summed E-state index contributed by atoms with van der Waals surface area (Å²) in [5, 5.41) is 2.06. The molecule has 2 aromatic rings. The summed E-state index contributed by atoms with van der Waals surface area (Å²) >= 11 is 0. The lowest BCUT2D eigenvalue weighted by molar-refractivity contribution is -0.191. The van der Waals surface area contributed by atoms with Gasteiger partial charge in [0.15, 0.2) is 6.04 Å². The summed E-state index contributed by atoms with van der Waals surface area (Å²) in [6.07, 6.45) is -4.66. The van der Waals surface area contributed by atoms with Gasteiger partial charge in [0.1, 0.15) is 5.75 Å². The van der Waals surface area contributed by atoms with Crippen molar-refractivity contribution in [2.75, 3.05) is 6.54 Å². The first-order valence-electron chi connectivity index (χ1n) is 8.83. The highest BCUT2D eigenvalue weighted by Crippen LogP contribution is 2.43. The van der Waals surface area contributed by atoms with Crippen LogP contribution in [0.25, 0.3) is 10.8 Å². The van der Waals surface area contributed by atoms with Gasteiger partial charge in [-0.3, -0.25) is 10.2 Å². The summed E-state index contributed by atoms with van der Waals surface area (Å²) in [7, 11) is 0. The molecule has 0 bridgehead atoms. The van der Waals surface area contributed by atoms with E-state index < -0.39 is 23.5 Å². The number of hydrogen-bond donors (Lipinski definition) is 1. The van der Waals surface area contributed by atoms with Gasteiger partial charge in [0.05, 0.1) is 11.5 Å². The Morgan fingerprint density at radius 2 is 1.74 bits per heavy atom. The summed E-state index contributed by atoms with van der Waals surface area (Å²) in [4.78, 5) is 12.1. The minimum atomic E-state index is -4.56. The fourth-order valence-electron chi connectivity index (χ4n) is 3.40. The van der Waals surface area contributed by atoms with Crippen LogP contribution in [0.4, 0.5) is 13.2 Å². The zero-order chi connectivity index (χ0) is 20.0. The number of fused-ring (bicyclic) bond motifs is 1. The third-order valence-corrected chi connectivity index (χ3v) is 4.62. The minimum absolute atomic E-state index is 0.0332. The van der Waals surface area contributed by atoms with Crippen molar-refractivity contribution in [3.8, 4) is 5.75 Å². The largest absolute Gasteiger partial charge is 0.490 e. The Hall–Kier alpha value is -2.28. The van der Waals surface area contributed by atoms with Crippen LogP contribution in [-0.4, -0.2) is 29.7 Å². The van der Waals surface area contributed by atoms with Gasteiger partial charge in [0.25, 0.3) is 0 Å². The fraction of sp³-hybridized carbons (Fsp3) is 0.450. The summed E-state index contributed by atoms with van der Waals surface area (Å²) in [5.74, 6) is 0.122. The number of amides is 1. The molecule has 27 heavy (non-hydrogen) atoms. The van der Waals surface area contributed by atoms with E-state index in [4.69, 9.17) is 4.74 Å². The molecule has 1 fully saturated rings. The first-order valence-corrected chi connectivity index (χ1v) is 8.83. The second-order valence-corrected chi connectivity index (χ2v) is 7.76. The smallest absolute Gasteiger partial charge is 0.409 e. The van der Waals surface area contributed by atoms with Crippen LogP contribution in [0.2, 0.25) is 0 Å². The number of halogens is 3. The number of hydrazine groups is 1. The van der Waals surface area contributed by atoms with E-state index in [1.54, 1.807) is 44.2 Å². The first kappa shape index (κ1) is 19.5. The Morgan fingerprint density at radius 3 is 2.30 bits per heavy atom. The third kappa shape index (κ3) is 3.74. The topological polar surface area (TPSA) is 41.6 Å². The third-order valence-electron chi connectivity index (χ3n) is 4.62. The van der Waals surface area contributed by atoms with Gasteiger partial charge in [-0.05, 0) is 44.7 Å². The summed E-state index contributed by atoms with van der Waals surface area (Å²) < 4.78 is 47.9. The van der Waals surface area contributed by atoms with Crippen molar-refractivity contribution in [2.45, 2.75) is 46.0 Å². The van der Waals surface area contributed by atoms with Crippen LogP contribution in [0, 0.1) is 5.41 Å². The number of ether oxygens (including phenoxy) is 1. The standard InChI is InChI=1S/C20H23F3N2O2/c1-12(2)27-16-10-6-7-13-14(16)8-5-9-15(13)17(20(21,22)23)25-11-19(3,4)18(26)24-25/h5-10,12,17H,11H2,1-4H3,(H,24,26). The van der Waals surface area contributed by atoms with Gasteiger partial charge >= 0.3 is 6.18 Å². The number of alkyl halides is 3. The molecule has 146 valence electrons. The Labute approximate surface area is 156 Å². The molecule has 0 aromatic heterocycles. The lowest BCUT2D eigenvalue weighted by atomic mass is 9.93. The summed E-state index contributed by atoms with van der Waals surface area (Å²) in [5.41, 5.74) is 1.61. The number of nitrogens with one attached hydrogen (secondary N) is 1. The Kier molecular flexibility index (Phi) is 4.84. The van der Waals surface area contributed by atoms with E-state index in [0.29, 0.717) is 16.5 Å². The SMILES string of the molecule is CC(C)Oc1cccc2c(C(N3CC(C)(C)C(=O)N3)C(F)(F)F)cccc12. The van der Waals surface area contributed by atoms with E-state index in [1.807, 2.05) is 13.8 Å². The van der Waals surface area contributed by atoms with Crippen LogP contribution in [0.5, 0.6) is 5.75 Å². The summed E-state index contributed by atoms with van der Waals surface area (Å²) in [6, 6.07) is 7.93. The second-order valence-electron chi connectivity index (χ2n) is 7.76. The molecule has 1 atom stereocenters. The van der Waals surface area contributed by atoms with Crippen molar-refractivity contribution >= 4 is 16.7 Å². The van der Waals surface area contributed by atoms with Crippen molar-refractivity contribution in [2.24, 2.45) is 5.41 Å². The zero-order valence-electron chi connectivity index (χ0n) is 15.7. The molecule has 0 radical (unpaired) electrons. The summed E-state index contributed by atoms with van der Waals surface area (Å²) in [6.45, 7) is 6.96. The molecule has 4 nitrogen and oxygen atoms in total. The molecule has 0 saturated carbocycles. The Balaban J connectivity index is 2.14. The first-order chi connectivity index (χ1) is 12.5. The van der Waals surface area contributed by atoms with E-state index >= 15 is 0 Å².